The van der Waals surface area contributed by atoms with Crippen molar-refractivity contribution in [3.63, 3.8) is 0 Å². The second-order valence-corrected chi connectivity index (χ2v) is 5.12. The predicted octanol–water partition coefficient (Wildman–Crippen LogP) is 3.10. The van der Waals surface area contributed by atoms with E-state index >= 15 is 0 Å². The minimum atomic E-state index is 0.491. The highest BCUT2D eigenvalue weighted by molar-refractivity contribution is 5.44. The van der Waals surface area contributed by atoms with Crippen LogP contribution in [-0.2, 0) is 6.42 Å². The van der Waals surface area contributed by atoms with Gasteiger partial charge in [0.1, 0.15) is 5.75 Å². The van der Waals surface area contributed by atoms with Gasteiger partial charge in [0.2, 0.25) is 0 Å². The summed E-state index contributed by atoms with van der Waals surface area (Å²) in [6.07, 6.45) is 1.01. The van der Waals surface area contributed by atoms with Crippen molar-refractivity contribution in [2.45, 2.75) is 40.2 Å². The predicted molar refractivity (Wildman–Crippen MR) is 73.9 cm³/mol. The lowest BCUT2D eigenvalue weighted by Gasteiger charge is -2.22. The van der Waals surface area contributed by atoms with Crippen LogP contribution in [0.2, 0.25) is 0 Å². The fraction of sp³-hybridized carbons (Fsp3) is 0.600. The van der Waals surface area contributed by atoms with E-state index in [4.69, 9.17) is 4.74 Å². The maximum Gasteiger partial charge on any atom is 0.125 e. The summed E-state index contributed by atoms with van der Waals surface area (Å²) in [4.78, 5) is 0. The number of nitrogens with one attached hydrogen (secondary N) is 1. The summed E-state index contributed by atoms with van der Waals surface area (Å²) in [7, 11) is 3.78. The number of hydrogen-bond donors (Lipinski definition) is 1. The molecule has 17 heavy (non-hydrogen) atoms. The largest absolute Gasteiger partial charge is 0.496 e. The number of aryl methyl sites for hydroxylation is 2. The molecule has 0 bridgehead atoms. The second-order valence-electron chi connectivity index (χ2n) is 5.12. The van der Waals surface area contributed by atoms with Crippen LogP contribution in [0.15, 0.2) is 12.1 Å². The molecule has 1 atom stereocenters. The summed E-state index contributed by atoms with van der Waals surface area (Å²) in [5.41, 5.74) is 3.83. The van der Waals surface area contributed by atoms with E-state index in [1.807, 2.05) is 7.05 Å². The zero-order valence-corrected chi connectivity index (χ0v) is 11.9. The normalized spacial score (nSPS) is 12.9. The Morgan fingerprint density at radius 1 is 1.24 bits per heavy atom. The number of benzene rings is 1. The van der Waals surface area contributed by atoms with Crippen LogP contribution in [0.25, 0.3) is 0 Å². The topological polar surface area (TPSA) is 21.3 Å². The SMILES string of the molecule is CNC(Cc1cc(C)cc(C)c1OC)C(C)C. The lowest BCUT2D eigenvalue weighted by Crippen LogP contribution is -2.32. The zero-order chi connectivity index (χ0) is 13.0. The Labute approximate surface area is 105 Å². The average Bonchev–Trinajstić information content (AvgIpc) is 2.24. The molecule has 2 nitrogen and oxygen atoms in total. The summed E-state index contributed by atoms with van der Waals surface area (Å²) in [6.45, 7) is 8.74. The van der Waals surface area contributed by atoms with Gasteiger partial charge in [0, 0.05) is 6.04 Å². The molecule has 0 aliphatic carbocycles. The van der Waals surface area contributed by atoms with E-state index in [1.165, 1.54) is 16.7 Å². The van der Waals surface area contributed by atoms with Gasteiger partial charge in [-0.05, 0) is 44.4 Å². The molecule has 0 aliphatic rings. The van der Waals surface area contributed by atoms with Crippen LogP contribution in [0.3, 0.4) is 0 Å². The van der Waals surface area contributed by atoms with Crippen LogP contribution in [-0.4, -0.2) is 20.2 Å². The van der Waals surface area contributed by atoms with Crippen molar-refractivity contribution in [1.29, 1.82) is 0 Å². The van der Waals surface area contributed by atoms with Gasteiger partial charge < -0.3 is 10.1 Å². The van der Waals surface area contributed by atoms with Crippen molar-refractivity contribution in [3.8, 4) is 5.75 Å². The molecule has 0 aliphatic heterocycles. The van der Waals surface area contributed by atoms with Gasteiger partial charge in [0.15, 0.2) is 0 Å². The van der Waals surface area contributed by atoms with Crippen LogP contribution in [0.4, 0.5) is 0 Å². The van der Waals surface area contributed by atoms with Crippen LogP contribution in [0, 0.1) is 19.8 Å². The third-order valence-electron chi connectivity index (χ3n) is 3.32. The Kier molecular flexibility index (Phi) is 5.01. The molecular formula is C15H25NO. The Morgan fingerprint density at radius 3 is 2.35 bits per heavy atom. The standard InChI is InChI=1S/C15H25NO/c1-10(2)14(16-5)9-13-8-11(3)7-12(4)15(13)17-6/h7-8,10,14,16H,9H2,1-6H3. The van der Waals surface area contributed by atoms with Gasteiger partial charge in [-0.1, -0.05) is 31.5 Å². The van der Waals surface area contributed by atoms with Gasteiger partial charge in [-0.15, -0.1) is 0 Å². The zero-order valence-electron chi connectivity index (χ0n) is 11.9. The minimum absolute atomic E-state index is 0.491. The molecule has 0 amide bonds. The molecule has 1 N–H and O–H groups in total. The quantitative estimate of drug-likeness (QED) is 0.846. The maximum atomic E-state index is 5.53. The Bertz CT molecular complexity index is 371. The molecule has 0 heterocycles. The van der Waals surface area contributed by atoms with Gasteiger partial charge in [-0.25, -0.2) is 0 Å². The molecule has 1 aromatic carbocycles. The average molecular weight is 235 g/mol. The Hall–Kier alpha value is -1.02. The number of rotatable bonds is 5. The molecule has 0 saturated heterocycles. The van der Waals surface area contributed by atoms with E-state index < -0.39 is 0 Å². The second kappa shape index (κ2) is 6.06. The molecule has 2 heteroatoms. The van der Waals surface area contributed by atoms with E-state index in [9.17, 15) is 0 Å². The lowest BCUT2D eigenvalue weighted by atomic mass is 9.94. The van der Waals surface area contributed by atoms with Gasteiger partial charge in [0.05, 0.1) is 7.11 Å². The van der Waals surface area contributed by atoms with E-state index in [2.05, 4.69) is 45.1 Å². The molecule has 0 saturated carbocycles. The Morgan fingerprint density at radius 2 is 1.88 bits per heavy atom. The highest BCUT2D eigenvalue weighted by atomic mass is 16.5. The first-order valence-electron chi connectivity index (χ1n) is 6.31. The van der Waals surface area contributed by atoms with Crippen LogP contribution in [0.5, 0.6) is 5.75 Å². The third-order valence-corrected chi connectivity index (χ3v) is 3.32. The molecule has 0 spiro atoms. The van der Waals surface area contributed by atoms with Crippen molar-refractivity contribution in [2.75, 3.05) is 14.2 Å². The van der Waals surface area contributed by atoms with Crippen LogP contribution >= 0.6 is 0 Å². The van der Waals surface area contributed by atoms with Crippen molar-refractivity contribution in [2.24, 2.45) is 5.92 Å². The summed E-state index contributed by atoms with van der Waals surface area (Å²) >= 11 is 0. The van der Waals surface area contributed by atoms with Gasteiger partial charge >= 0.3 is 0 Å². The summed E-state index contributed by atoms with van der Waals surface area (Å²) in [5, 5.41) is 3.38. The monoisotopic (exact) mass is 235 g/mol. The first-order valence-corrected chi connectivity index (χ1v) is 6.31. The number of ether oxygens (including phenoxy) is 1. The molecule has 96 valence electrons. The van der Waals surface area contributed by atoms with E-state index in [1.54, 1.807) is 7.11 Å². The third kappa shape index (κ3) is 3.47. The first kappa shape index (κ1) is 14.0. The molecule has 0 aromatic heterocycles. The van der Waals surface area contributed by atoms with Crippen molar-refractivity contribution < 1.29 is 4.74 Å². The number of hydrogen-bond acceptors (Lipinski definition) is 2. The van der Waals surface area contributed by atoms with E-state index in [0.29, 0.717) is 12.0 Å². The van der Waals surface area contributed by atoms with Crippen LogP contribution in [0.1, 0.15) is 30.5 Å². The molecule has 1 unspecified atom stereocenters. The summed E-state index contributed by atoms with van der Waals surface area (Å²) in [6, 6.07) is 4.90. The van der Waals surface area contributed by atoms with Crippen molar-refractivity contribution in [3.05, 3.63) is 28.8 Å². The molecule has 1 aromatic rings. The Balaban J connectivity index is 3.04. The molecular weight excluding hydrogens is 210 g/mol. The van der Waals surface area contributed by atoms with E-state index in [0.717, 1.165) is 12.2 Å². The number of methoxy groups -OCH3 is 1. The minimum Gasteiger partial charge on any atom is -0.496 e. The highest BCUT2D eigenvalue weighted by Gasteiger charge is 2.15. The molecule has 1 rings (SSSR count). The van der Waals surface area contributed by atoms with Gasteiger partial charge in [0.25, 0.3) is 0 Å². The van der Waals surface area contributed by atoms with Crippen LogP contribution < -0.4 is 10.1 Å². The molecule has 0 radical (unpaired) electrons. The summed E-state index contributed by atoms with van der Waals surface area (Å²) in [5.74, 6) is 1.65. The summed E-state index contributed by atoms with van der Waals surface area (Å²) < 4.78 is 5.53. The maximum absolute atomic E-state index is 5.53. The van der Waals surface area contributed by atoms with E-state index in [-0.39, 0.29) is 0 Å². The van der Waals surface area contributed by atoms with Crippen molar-refractivity contribution in [1.82, 2.24) is 5.32 Å². The van der Waals surface area contributed by atoms with Gasteiger partial charge in [-0.2, -0.15) is 0 Å². The highest BCUT2D eigenvalue weighted by Crippen LogP contribution is 2.27. The lowest BCUT2D eigenvalue weighted by molar-refractivity contribution is 0.389. The van der Waals surface area contributed by atoms with Gasteiger partial charge in [-0.3, -0.25) is 0 Å². The first-order chi connectivity index (χ1) is 7.99. The number of likely N-dealkylation sites (N-methyl/N-ethyl adjacent to an activating group) is 1. The molecule has 0 fully saturated rings. The smallest absolute Gasteiger partial charge is 0.125 e. The fourth-order valence-electron chi connectivity index (χ4n) is 2.39. The fourth-order valence-corrected chi connectivity index (χ4v) is 2.39. The van der Waals surface area contributed by atoms with Crippen molar-refractivity contribution >= 4 is 0 Å².